The Morgan fingerprint density at radius 2 is 2.25 bits per heavy atom. The van der Waals surface area contributed by atoms with Gasteiger partial charge in [0.25, 0.3) is 11.5 Å². The molecule has 0 aliphatic carbocycles. The molecule has 1 N–H and O–H groups in total. The number of hydrogen-bond donors (Lipinski definition) is 1. The van der Waals surface area contributed by atoms with Crippen LogP contribution in [0.1, 0.15) is 10.4 Å². The maximum Gasteiger partial charge on any atom is 0.254 e. The summed E-state index contributed by atoms with van der Waals surface area (Å²) >= 11 is 0. The van der Waals surface area contributed by atoms with Gasteiger partial charge in [-0.2, -0.15) is 0 Å². The smallest absolute Gasteiger partial charge is 0.254 e. The molecule has 1 aromatic heterocycles. The minimum Gasteiger partial charge on any atom is -0.336 e. The van der Waals surface area contributed by atoms with Gasteiger partial charge in [-0.25, -0.2) is 0 Å². The molecule has 2 heterocycles. The predicted molar refractivity (Wildman–Crippen MR) is 60.4 cm³/mol. The fraction of sp³-hybridized carbons (Fsp3) is 0.455. The van der Waals surface area contributed by atoms with Crippen LogP contribution in [0.3, 0.4) is 0 Å². The first-order valence-electron chi connectivity index (χ1n) is 5.24. The Kier molecular flexibility index (Phi) is 2.78. The second-order valence-corrected chi connectivity index (χ2v) is 4.09. The normalized spacial score (nSPS) is 15.6. The molecule has 86 valence electrons. The average Bonchev–Trinajstić information content (AvgIpc) is 2.18. The zero-order valence-electron chi connectivity index (χ0n) is 9.43. The maximum absolute atomic E-state index is 12.0. The van der Waals surface area contributed by atoms with Crippen LogP contribution in [0, 0.1) is 0 Å². The van der Waals surface area contributed by atoms with Crippen molar-refractivity contribution in [3.05, 3.63) is 34.2 Å². The van der Waals surface area contributed by atoms with E-state index in [1.54, 1.807) is 31.3 Å². The second kappa shape index (κ2) is 4.09. The molecule has 0 radical (unpaired) electrons. The number of pyridine rings is 1. The van der Waals surface area contributed by atoms with E-state index in [9.17, 15) is 9.59 Å². The standard InChI is InChI=1S/C11H15N3O2/c1-13-4-3-8(5-10(13)15)11(16)14(2)9-6-12-7-9/h3-5,9,12H,6-7H2,1-2H3. The lowest BCUT2D eigenvalue weighted by Crippen LogP contribution is -2.57. The van der Waals surface area contributed by atoms with E-state index in [0.717, 1.165) is 13.1 Å². The highest BCUT2D eigenvalue weighted by Crippen LogP contribution is 2.07. The molecular weight excluding hydrogens is 206 g/mol. The molecule has 0 unspecified atom stereocenters. The van der Waals surface area contributed by atoms with E-state index < -0.39 is 0 Å². The summed E-state index contributed by atoms with van der Waals surface area (Å²) < 4.78 is 1.45. The van der Waals surface area contributed by atoms with Crippen molar-refractivity contribution in [1.29, 1.82) is 0 Å². The van der Waals surface area contributed by atoms with Crippen LogP contribution in [0.25, 0.3) is 0 Å². The fourth-order valence-electron chi connectivity index (χ4n) is 1.60. The van der Waals surface area contributed by atoms with Crippen LogP contribution >= 0.6 is 0 Å². The van der Waals surface area contributed by atoms with Gasteiger partial charge in [0.2, 0.25) is 0 Å². The molecule has 1 fully saturated rings. The Balaban J connectivity index is 2.19. The van der Waals surface area contributed by atoms with Crippen molar-refractivity contribution in [3.63, 3.8) is 0 Å². The molecule has 0 saturated carbocycles. The molecule has 1 saturated heterocycles. The number of hydrogen-bond acceptors (Lipinski definition) is 3. The highest BCUT2D eigenvalue weighted by molar-refractivity contribution is 5.94. The SMILES string of the molecule is CN(C(=O)c1ccn(C)c(=O)c1)C1CNC1. The molecule has 5 heteroatoms. The summed E-state index contributed by atoms with van der Waals surface area (Å²) in [5, 5.41) is 3.11. The molecule has 16 heavy (non-hydrogen) atoms. The Morgan fingerprint density at radius 3 is 2.75 bits per heavy atom. The van der Waals surface area contributed by atoms with E-state index >= 15 is 0 Å². The van der Waals surface area contributed by atoms with Crippen molar-refractivity contribution in [2.24, 2.45) is 7.05 Å². The summed E-state index contributed by atoms with van der Waals surface area (Å²) in [6.45, 7) is 1.65. The Labute approximate surface area is 93.7 Å². The molecule has 2 rings (SSSR count). The van der Waals surface area contributed by atoms with E-state index in [1.165, 1.54) is 10.6 Å². The van der Waals surface area contributed by atoms with E-state index in [2.05, 4.69) is 5.32 Å². The number of carbonyl (C=O) groups excluding carboxylic acids is 1. The third kappa shape index (κ3) is 1.86. The first kappa shape index (κ1) is 10.9. The largest absolute Gasteiger partial charge is 0.336 e. The molecule has 0 bridgehead atoms. The summed E-state index contributed by atoms with van der Waals surface area (Å²) in [7, 11) is 3.43. The minimum atomic E-state index is -0.161. The quantitative estimate of drug-likeness (QED) is 0.727. The minimum absolute atomic E-state index is 0.0933. The highest BCUT2D eigenvalue weighted by Gasteiger charge is 2.26. The number of aromatic nitrogens is 1. The van der Waals surface area contributed by atoms with Crippen LogP contribution in [0.5, 0.6) is 0 Å². The summed E-state index contributed by atoms with van der Waals surface area (Å²) in [6.07, 6.45) is 1.61. The molecule has 0 spiro atoms. The zero-order valence-corrected chi connectivity index (χ0v) is 9.43. The number of carbonyl (C=O) groups is 1. The number of aryl methyl sites for hydroxylation is 1. The van der Waals surface area contributed by atoms with E-state index in [1.807, 2.05) is 0 Å². The van der Waals surface area contributed by atoms with Gasteiger partial charge in [-0.1, -0.05) is 0 Å². The second-order valence-electron chi connectivity index (χ2n) is 4.09. The highest BCUT2D eigenvalue weighted by atomic mass is 16.2. The van der Waals surface area contributed by atoms with Crippen LogP contribution in [-0.2, 0) is 7.05 Å². The van der Waals surface area contributed by atoms with Gasteiger partial charge in [0.1, 0.15) is 0 Å². The van der Waals surface area contributed by atoms with Crippen molar-refractivity contribution in [2.45, 2.75) is 6.04 Å². The summed E-state index contributed by atoms with van der Waals surface area (Å²) in [5.41, 5.74) is 0.295. The van der Waals surface area contributed by atoms with Gasteiger partial charge in [-0.05, 0) is 6.07 Å². The first-order chi connectivity index (χ1) is 7.59. The third-order valence-corrected chi connectivity index (χ3v) is 2.98. The van der Waals surface area contributed by atoms with E-state index in [4.69, 9.17) is 0 Å². The number of likely N-dealkylation sites (N-methyl/N-ethyl adjacent to an activating group) is 1. The van der Waals surface area contributed by atoms with Crippen molar-refractivity contribution in [3.8, 4) is 0 Å². The van der Waals surface area contributed by atoms with Gasteiger partial charge >= 0.3 is 0 Å². The lowest BCUT2D eigenvalue weighted by molar-refractivity contribution is 0.0681. The molecule has 5 nitrogen and oxygen atoms in total. The zero-order chi connectivity index (χ0) is 11.7. The molecular formula is C11H15N3O2. The third-order valence-electron chi connectivity index (χ3n) is 2.98. The predicted octanol–water partition coefficient (Wildman–Crippen LogP) is -0.571. The summed E-state index contributed by atoms with van der Waals surface area (Å²) in [4.78, 5) is 25.1. The van der Waals surface area contributed by atoms with Gasteiger partial charge in [-0.15, -0.1) is 0 Å². The van der Waals surface area contributed by atoms with Crippen molar-refractivity contribution in [2.75, 3.05) is 20.1 Å². The van der Waals surface area contributed by atoms with Crippen LogP contribution in [0.4, 0.5) is 0 Å². The maximum atomic E-state index is 12.0. The van der Waals surface area contributed by atoms with Gasteiger partial charge < -0.3 is 14.8 Å². The molecule has 1 amide bonds. The van der Waals surface area contributed by atoms with Gasteiger partial charge in [0.15, 0.2) is 0 Å². The number of amides is 1. The Bertz CT molecular complexity index is 463. The molecule has 0 atom stereocenters. The molecule has 1 aliphatic rings. The topological polar surface area (TPSA) is 54.3 Å². The van der Waals surface area contributed by atoms with Crippen LogP contribution in [-0.4, -0.2) is 41.6 Å². The monoisotopic (exact) mass is 221 g/mol. The number of nitrogens with zero attached hydrogens (tertiary/aromatic N) is 2. The van der Waals surface area contributed by atoms with Crippen LogP contribution in [0.15, 0.2) is 23.1 Å². The van der Waals surface area contributed by atoms with Gasteiger partial charge in [0.05, 0.1) is 6.04 Å². The molecule has 0 aromatic carbocycles. The average molecular weight is 221 g/mol. The lowest BCUT2D eigenvalue weighted by Gasteiger charge is -2.35. The molecule has 1 aromatic rings. The summed E-state index contributed by atoms with van der Waals surface area (Å²) in [6, 6.07) is 3.30. The number of rotatable bonds is 2. The Hall–Kier alpha value is -1.62. The fourth-order valence-corrected chi connectivity index (χ4v) is 1.60. The Morgan fingerprint density at radius 1 is 1.56 bits per heavy atom. The first-order valence-corrected chi connectivity index (χ1v) is 5.24. The van der Waals surface area contributed by atoms with Crippen molar-refractivity contribution in [1.82, 2.24) is 14.8 Å². The van der Waals surface area contributed by atoms with E-state index in [0.29, 0.717) is 5.56 Å². The molecule has 1 aliphatic heterocycles. The van der Waals surface area contributed by atoms with Crippen LogP contribution < -0.4 is 10.9 Å². The van der Waals surface area contributed by atoms with E-state index in [-0.39, 0.29) is 17.5 Å². The van der Waals surface area contributed by atoms with Crippen LogP contribution in [0.2, 0.25) is 0 Å². The number of nitrogens with one attached hydrogen (secondary N) is 1. The summed E-state index contributed by atoms with van der Waals surface area (Å²) in [5.74, 6) is -0.0933. The van der Waals surface area contributed by atoms with Crippen molar-refractivity contribution >= 4 is 5.91 Å². The van der Waals surface area contributed by atoms with Gasteiger partial charge in [-0.3, -0.25) is 9.59 Å². The van der Waals surface area contributed by atoms with Gasteiger partial charge in [0, 0.05) is 45.0 Å². The lowest BCUT2D eigenvalue weighted by atomic mass is 10.1. The van der Waals surface area contributed by atoms with Crippen molar-refractivity contribution < 1.29 is 4.79 Å².